The van der Waals surface area contributed by atoms with E-state index in [4.69, 9.17) is 9.47 Å². The normalized spacial score (nSPS) is 11.9. The molecule has 0 aliphatic carbocycles. The third-order valence-electron chi connectivity index (χ3n) is 4.87. The maximum atomic E-state index is 12.7. The smallest absolute Gasteiger partial charge is 0.262 e. The first-order valence-electron chi connectivity index (χ1n) is 10.1. The van der Waals surface area contributed by atoms with Gasteiger partial charge in [-0.25, -0.2) is 0 Å². The maximum Gasteiger partial charge on any atom is 0.262 e. The summed E-state index contributed by atoms with van der Waals surface area (Å²) in [5.41, 5.74) is 2.67. The molecule has 1 amide bonds. The highest BCUT2D eigenvalue weighted by Crippen LogP contribution is 2.35. The van der Waals surface area contributed by atoms with Crippen LogP contribution in [-0.4, -0.2) is 13.0 Å². The van der Waals surface area contributed by atoms with E-state index in [9.17, 15) is 10.1 Å². The van der Waals surface area contributed by atoms with Crippen molar-refractivity contribution in [2.75, 3.05) is 7.11 Å². The van der Waals surface area contributed by atoms with Gasteiger partial charge in [0, 0.05) is 4.47 Å². The van der Waals surface area contributed by atoms with Crippen molar-refractivity contribution in [3.8, 4) is 17.6 Å². The van der Waals surface area contributed by atoms with Gasteiger partial charge in [-0.1, -0.05) is 58.4 Å². The fourth-order valence-corrected chi connectivity index (χ4v) is 4.16. The molecule has 0 radical (unpaired) electrons. The van der Waals surface area contributed by atoms with Gasteiger partial charge < -0.3 is 14.8 Å². The second kappa shape index (κ2) is 11.9. The lowest BCUT2D eigenvalue weighted by atomic mass is 10.1. The number of carbonyl (C=O) groups excluding carboxylic acids is 1. The van der Waals surface area contributed by atoms with Crippen molar-refractivity contribution in [2.24, 2.45) is 0 Å². The largest absolute Gasteiger partial charge is 0.493 e. The van der Waals surface area contributed by atoms with E-state index in [-0.39, 0.29) is 11.6 Å². The molecule has 3 rings (SSSR count). The van der Waals surface area contributed by atoms with Gasteiger partial charge >= 0.3 is 0 Å². The van der Waals surface area contributed by atoms with Crippen LogP contribution in [0.2, 0.25) is 0 Å². The minimum atomic E-state index is -0.432. The molecule has 168 valence electrons. The average Bonchev–Trinajstić information content (AvgIpc) is 2.83. The van der Waals surface area contributed by atoms with Crippen LogP contribution in [0.25, 0.3) is 6.08 Å². The zero-order valence-corrected chi connectivity index (χ0v) is 21.9. The summed E-state index contributed by atoms with van der Waals surface area (Å²) >= 11 is 5.59. The van der Waals surface area contributed by atoms with Gasteiger partial charge in [-0.2, -0.15) is 5.26 Å². The molecule has 1 atom stereocenters. The van der Waals surface area contributed by atoms with Crippen molar-refractivity contribution >= 4 is 50.5 Å². The zero-order chi connectivity index (χ0) is 23.8. The highest BCUT2D eigenvalue weighted by molar-refractivity contribution is 14.1. The Morgan fingerprint density at radius 2 is 1.88 bits per heavy atom. The molecule has 1 N–H and O–H groups in total. The van der Waals surface area contributed by atoms with Crippen LogP contribution in [0.3, 0.4) is 0 Å². The molecule has 0 fully saturated rings. The molecule has 0 heterocycles. The monoisotopic (exact) mass is 616 g/mol. The maximum absolute atomic E-state index is 12.7. The fourth-order valence-electron chi connectivity index (χ4n) is 3.11. The Kier molecular flexibility index (Phi) is 8.92. The summed E-state index contributed by atoms with van der Waals surface area (Å²) in [6.45, 7) is 2.27. The number of rotatable bonds is 8. The molecule has 0 saturated carbocycles. The molecular weight excluding hydrogens is 595 g/mol. The molecule has 3 aromatic rings. The van der Waals surface area contributed by atoms with E-state index >= 15 is 0 Å². The van der Waals surface area contributed by atoms with Crippen molar-refractivity contribution in [2.45, 2.75) is 19.6 Å². The van der Waals surface area contributed by atoms with Crippen molar-refractivity contribution in [1.82, 2.24) is 5.32 Å². The molecule has 7 heteroatoms. The molecule has 3 aromatic carbocycles. The summed E-state index contributed by atoms with van der Waals surface area (Å²) in [5.74, 6) is 0.706. The number of nitrogens with one attached hydrogen (secondary N) is 1. The van der Waals surface area contributed by atoms with Gasteiger partial charge in [-0.3, -0.25) is 4.79 Å². The number of nitriles is 1. The van der Waals surface area contributed by atoms with Crippen molar-refractivity contribution in [3.63, 3.8) is 0 Å². The van der Waals surface area contributed by atoms with Gasteiger partial charge in [0.1, 0.15) is 18.2 Å². The summed E-state index contributed by atoms with van der Waals surface area (Å²) in [7, 11) is 1.56. The molecule has 0 unspecified atom stereocenters. The number of nitrogens with zero attached hydrogens (tertiary/aromatic N) is 1. The first-order chi connectivity index (χ1) is 15.9. The van der Waals surface area contributed by atoms with E-state index in [2.05, 4.69) is 43.8 Å². The number of halogens is 2. The molecule has 0 aliphatic heterocycles. The van der Waals surface area contributed by atoms with Crippen LogP contribution in [0.4, 0.5) is 0 Å². The van der Waals surface area contributed by atoms with E-state index in [0.29, 0.717) is 23.7 Å². The lowest BCUT2D eigenvalue weighted by molar-refractivity contribution is -0.117. The fraction of sp³-hybridized carbons (Fsp3) is 0.154. The second-order valence-corrected chi connectivity index (χ2v) is 9.30. The Hall–Kier alpha value is -2.83. The summed E-state index contributed by atoms with van der Waals surface area (Å²) in [6, 6.07) is 22.9. The SMILES string of the molecule is COc1cc(/C=C(\C#N)C(=O)N[C@H](C)c2ccccc2)cc(I)c1OCc1ccc(Br)cc1. The highest BCUT2D eigenvalue weighted by Gasteiger charge is 2.16. The van der Waals surface area contributed by atoms with Gasteiger partial charge in [0.15, 0.2) is 11.5 Å². The molecule has 33 heavy (non-hydrogen) atoms. The Morgan fingerprint density at radius 3 is 2.52 bits per heavy atom. The summed E-state index contributed by atoms with van der Waals surface area (Å²) in [5, 5.41) is 12.5. The lowest BCUT2D eigenvalue weighted by Gasteiger charge is -2.15. The van der Waals surface area contributed by atoms with E-state index in [1.807, 2.05) is 73.7 Å². The molecular formula is C26H22BrIN2O3. The van der Waals surface area contributed by atoms with Gasteiger partial charge in [0.25, 0.3) is 5.91 Å². The van der Waals surface area contributed by atoms with E-state index in [1.54, 1.807) is 19.3 Å². The highest BCUT2D eigenvalue weighted by atomic mass is 127. The first kappa shape index (κ1) is 24.8. The Morgan fingerprint density at radius 1 is 1.18 bits per heavy atom. The van der Waals surface area contributed by atoms with Crippen LogP contribution in [0.1, 0.15) is 29.7 Å². The van der Waals surface area contributed by atoms with Gasteiger partial charge in [-0.15, -0.1) is 0 Å². The van der Waals surface area contributed by atoms with Crippen LogP contribution in [-0.2, 0) is 11.4 Å². The predicted molar refractivity (Wildman–Crippen MR) is 141 cm³/mol. The molecule has 0 aliphatic rings. The zero-order valence-electron chi connectivity index (χ0n) is 18.1. The molecule has 0 bridgehead atoms. The number of benzene rings is 3. The number of methoxy groups -OCH3 is 1. The summed E-state index contributed by atoms with van der Waals surface area (Å²) in [6.07, 6.45) is 1.55. The van der Waals surface area contributed by atoms with Gasteiger partial charge in [0.05, 0.1) is 16.7 Å². The number of amides is 1. The lowest BCUT2D eigenvalue weighted by Crippen LogP contribution is -2.27. The van der Waals surface area contributed by atoms with Crippen molar-refractivity contribution in [3.05, 3.63) is 97.0 Å². The predicted octanol–water partition coefficient (Wildman–Crippen LogP) is 6.43. The van der Waals surface area contributed by atoms with Gasteiger partial charge in [0.2, 0.25) is 0 Å². The van der Waals surface area contributed by atoms with Crippen LogP contribution in [0.5, 0.6) is 11.5 Å². The van der Waals surface area contributed by atoms with Gasteiger partial charge in [-0.05, 0) is 76.5 Å². The van der Waals surface area contributed by atoms with Crippen LogP contribution in [0, 0.1) is 14.9 Å². The van der Waals surface area contributed by atoms with Crippen molar-refractivity contribution in [1.29, 1.82) is 5.26 Å². The Balaban J connectivity index is 1.78. The summed E-state index contributed by atoms with van der Waals surface area (Å²) < 4.78 is 13.3. The second-order valence-electron chi connectivity index (χ2n) is 7.22. The minimum Gasteiger partial charge on any atom is -0.493 e. The van der Waals surface area contributed by atoms with Crippen LogP contribution in [0.15, 0.2) is 76.8 Å². The van der Waals surface area contributed by atoms with E-state index in [1.165, 1.54) is 0 Å². The Labute approximate surface area is 215 Å². The third kappa shape index (κ3) is 6.83. The topological polar surface area (TPSA) is 71.3 Å². The molecule has 0 spiro atoms. The first-order valence-corrected chi connectivity index (χ1v) is 12.0. The summed E-state index contributed by atoms with van der Waals surface area (Å²) in [4.78, 5) is 12.7. The van der Waals surface area contributed by atoms with E-state index in [0.717, 1.165) is 19.2 Å². The number of hydrogen-bond donors (Lipinski definition) is 1. The quantitative estimate of drug-likeness (QED) is 0.180. The third-order valence-corrected chi connectivity index (χ3v) is 6.20. The average molecular weight is 617 g/mol. The minimum absolute atomic E-state index is 0.0131. The number of ether oxygens (including phenoxy) is 2. The van der Waals surface area contributed by atoms with Crippen LogP contribution >= 0.6 is 38.5 Å². The molecule has 5 nitrogen and oxygen atoms in total. The molecule has 0 aromatic heterocycles. The van der Waals surface area contributed by atoms with Crippen LogP contribution < -0.4 is 14.8 Å². The standard InChI is InChI=1S/C26H22BrIN2O3/c1-17(20-6-4-3-5-7-20)30-26(31)21(15-29)12-19-13-23(28)25(24(14-19)32-2)33-16-18-8-10-22(27)11-9-18/h3-14,17H,16H2,1-2H3,(H,30,31)/b21-12+/t17-/m1/s1. The van der Waals surface area contributed by atoms with Crippen molar-refractivity contribution < 1.29 is 14.3 Å². The molecule has 0 saturated heterocycles. The van der Waals surface area contributed by atoms with E-state index < -0.39 is 5.91 Å². The number of carbonyl (C=O) groups is 1. The number of hydrogen-bond acceptors (Lipinski definition) is 4. The Bertz CT molecular complexity index is 1190.